The number of carboxylic acids is 2. The normalized spacial score (nSPS) is 10.9. The number of carbonyl (C=O) groups excluding carboxylic acids is 3. The van der Waals surface area contributed by atoms with Gasteiger partial charge in [-0.2, -0.15) is 0 Å². The fourth-order valence-electron chi connectivity index (χ4n) is 2.93. The van der Waals surface area contributed by atoms with Gasteiger partial charge in [0.05, 0.1) is 6.61 Å². The third-order valence-corrected chi connectivity index (χ3v) is 5.10. The third-order valence-electron chi connectivity index (χ3n) is 5.10. The molecular weight excluding hydrogens is 452 g/mol. The summed E-state index contributed by atoms with van der Waals surface area (Å²) in [6.45, 7) is 5.94. The lowest BCUT2D eigenvalue weighted by Gasteiger charge is -2.08. The number of rotatable bonds is 21. The molecule has 0 bridgehead atoms. The molecule has 0 aromatic heterocycles. The standard InChI is InChI=1S/C11H22O4.2C8H16O2/c1-2-3-4-5-6-7-11(14)15-9-10(13)8-12;2*1-2-3-4-5-6-7-8(9)10/h10,12-13H,2-9H2,1H3;2*2-7H2,1H3,(H,9,10)/p-2. The molecular formula is C27H52O8-2. The molecule has 1 atom stereocenters. The molecule has 0 amide bonds. The van der Waals surface area contributed by atoms with Crippen LogP contribution in [0.5, 0.6) is 0 Å². The topological polar surface area (TPSA) is 147 Å². The Morgan fingerprint density at radius 2 is 0.971 bits per heavy atom. The van der Waals surface area contributed by atoms with Gasteiger partial charge in [0.25, 0.3) is 0 Å². The summed E-state index contributed by atoms with van der Waals surface area (Å²) in [6.07, 6.45) is 16.1. The van der Waals surface area contributed by atoms with Crippen molar-refractivity contribution in [2.24, 2.45) is 0 Å². The quantitative estimate of drug-likeness (QED) is 0.178. The zero-order chi connectivity index (χ0) is 27.2. The molecule has 0 rings (SSSR count). The van der Waals surface area contributed by atoms with Crippen LogP contribution in [0.15, 0.2) is 0 Å². The smallest absolute Gasteiger partial charge is 0.305 e. The van der Waals surface area contributed by atoms with Crippen LogP contribution in [0.2, 0.25) is 0 Å². The lowest BCUT2D eigenvalue weighted by Crippen LogP contribution is -2.21. The number of unbranched alkanes of at least 4 members (excludes halogenated alkanes) is 12. The number of aliphatic hydroxyl groups is 2. The van der Waals surface area contributed by atoms with E-state index >= 15 is 0 Å². The maximum atomic E-state index is 11.1. The van der Waals surface area contributed by atoms with Crippen molar-refractivity contribution in [3.8, 4) is 0 Å². The van der Waals surface area contributed by atoms with E-state index in [1.165, 1.54) is 38.5 Å². The van der Waals surface area contributed by atoms with Crippen molar-refractivity contribution < 1.29 is 39.5 Å². The number of aliphatic hydroxyl groups excluding tert-OH is 2. The molecule has 0 radical (unpaired) electrons. The van der Waals surface area contributed by atoms with Crippen molar-refractivity contribution in [1.29, 1.82) is 0 Å². The summed E-state index contributed by atoms with van der Waals surface area (Å²) in [4.78, 5) is 30.9. The molecule has 0 aliphatic carbocycles. The fraction of sp³-hybridized carbons (Fsp3) is 0.889. The summed E-state index contributed by atoms with van der Waals surface area (Å²) in [7, 11) is 0. The SMILES string of the molecule is CCCCCCCC(=O)OCC(O)CO.CCCCCCCC(=O)[O-].CCCCCCCC(=O)[O-]. The zero-order valence-corrected chi connectivity index (χ0v) is 22.6. The van der Waals surface area contributed by atoms with Crippen molar-refractivity contribution >= 4 is 17.9 Å². The first kappa shape index (κ1) is 37.9. The van der Waals surface area contributed by atoms with Gasteiger partial charge in [-0.05, 0) is 32.1 Å². The minimum atomic E-state index is -0.950. The first-order valence-electron chi connectivity index (χ1n) is 13.6. The number of aliphatic carboxylic acids is 2. The highest BCUT2D eigenvalue weighted by atomic mass is 16.5. The molecule has 1 unspecified atom stereocenters. The third kappa shape index (κ3) is 42.9. The van der Waals surface area contributed by atoms with E-state index in [-0.39, 0.29) is 32.0 Å². The Kier molecular flexibility index (Phi) is 35.0. The van der Waals surface area contributed by atoms with E-state index in [4.69, 9.17) is 14.9 Å². The largest absolute Gasteiger partial charge is 0.550 e. The fourth-order valence-corrected chi connectivity index (χ4v) is 2.93. The van der Waals surface area contributed by atoms with Gasteiger partial charge in [0.1, 0.15) is 12.7 Å². The number of esters is 1. The Balaban J connectivity index is -0.000000454. The maximum Gasteiger partial charge on any atom is 0.305 e. The van der Waals surface area contributed by atoms with Crippen LogP contribution in [0.3, 0.4) is 0 Å². The Bertz CT molecular complexity index is 444. The summed E-state index contributed by atoms with van der Waals surface area (Å²) in [6, 6.07) is 0. The molecule has 8 heteroatoms. The Hall–Kier alpha value is -1.67. The van der Waals surface area contributed by atoms with Gasteiger partial charge in [-0.25, -0.2) is 0 Å². The van der Waals surface area contributed by atoms with Gasteiger partial charge in [-0.15, -0.1) is 0 Å². The summed E-state index contributed by atoms with van der Waals surface area (Å²) in [5, 5.41) is 37.2. The summed E-state index contributed by atoms with van der Waals surface area (Å²) in [5.74, 6) is -2.13. The Morgan fingerprint density at radius 3 is 1.29 bits per heavy atom. The van der Waals surface area contributed by atoms with E-state index in [0.29, 0.717) is 6.42 Å². The summed E-state index contributed by atoms with van der Waals surface area (Å²) >= 11 is 0. The number of hydrogen-bond acceptors (Lipinski definition) is 8. The predicted molar refractivity (Wildman–Crippen MR) is 134 cm³/mol. The molecule has 0 aromatic carbocycles. The molecule has 8 nitrogen and oxygen atoms in total. The molecule has 210 valence electrons. The Morgan fingerprint density at radius 1 is 0.629 bits per heavy atom. The second kappa shape index (κ2) is 32.3. The number of carboxylic acid groups (broad SMARTS) is 2. The molecule has 0 spiro atoms. The van der Waals surface area contributed by atoms with Crippen molar-refractivity contribution in [2.75, 3.05) is 13.2 Å². The number of ether oxygens (including phenoxy) is 1. The molecule has 0 fully saturated rings. The number of hydrogen-bond donors (Lipinski definition) is 2. The van der Waals surface area contributed by atoms with Crippen LogP contribution in [0.25, 0.3) is 0 Å². The zero-order valence-electron chi connectivity index (χ0n) is 22.6. The summed E-state index contributed by atoms with van der Waals surface area (Å²) in [5.41, 5.74) is 0. The first-order chi connectivity index (χ1) is 16.7. The van der Waals surface area contributed by atoms with E-state index in [0.717, 1.165) is 57.8 Å². The van der Waals surface area contributed by atoms with E-state index in [2.05, 4.69) is 20.8 Å². The average Bonchev–Trinajstić information content (AvgIpc) is 2.82. The van der Waals surface area contributed by atoms with Gasteiger partial charge in [-0.1, -0.05) is 97.8 Å². The maximum absolute atomic E-state index is 11.1. The highest BCUT2D eigenvalue weighted by Gasteiger charge is 2.07. The minimum absolute atomic E-state index is 0.107. The first-order valence-corrected chi connectivity index (χ1v) is 13.6. The van der Waals surface area contributed by atoms with E-state index in [1.54, 1.807) is 0 Å². The molecule has 0 saturated heterocycles. The minimum Gasteiger partial charge on any atom is -0.550 e. The van der Waals surface area contributed by atoms with Gasteiger partial charge in [0.15, 0.2) is 0 Å². The molecule has 35 heavy (non-hydrogen) atoms. The molecule has 0 saturated carbocycles. The molecule has 2 N–H and O–H groups in total. The lowest BCUT2D eigenvalue weighted by atomic mass is 10.1. The van der Waals surface area contributed by atoms with E-state index in [9.17, 15) is 24.6 Å². The van der Waals surface area contributed by atoms with Gasteiger partial charge in [-0.3, -0.25) is 4.79 Å². The van der Waals surface area contributed by atoms with Crippen LogP contribution < -0.4 is 10.2 Å². The van der Waals surface area contributed by atoms with Crippen LogP contribution >= 0.6 is 0 Å². The molecule has 0 aromatic rings. The number of carbonyl (C=O) groups is 3. The molecule has 0 aliphatic rings. The molecule has 0 heterocycles. The van der Waals surface area contributed by atoms with Gasteiger partial charge >= 0.3 is 5.97 Å². The van der Waals surface area contributed by atoms with Crippen LogP contribution in [-0.4, -0.2) is 47.4 Å². The summed E-state index contributed by atoms with van der Waals surface area (Å²) < 4.78 is 4.75. The van der Waals surface area contributed by atoms with Crippen molar-refractivity contribution in [1.82, 2.24) is 0 Å². The lowest BCUT2D eigenvalue weighted by molar-refractivity contribution is -0.307. The van der Waals surface area contributed by atoms with E-state index in [1.807, 2.05) is 0 Å². The average molecular weight is 505 g/mol. The van der Waals surface area contributed by atoms with Crippen molar-refractivity contribution in [3.05, 3.63) is 0 Å². The highest BCUT2D eigenvalue weighted by molar-refractivity contribution is 5.69. The van der Waals surface area contributed by atoms with Gasteiger partial charge in [0.2, 0.25) is 0 Å². The molecule has 0 aliphatic heterocycles. The second-order valence-electron chi connectivity index (χ2n) is 8.76. The Labute approximate surface area is 213 Å². The van der Waals surface area contributed by atoms with Gasteiger partial charge < -0.3 is 34.8 Å². The van der Waals surface area contributed by atoms with E-state index < -0.39 is 18.0 Å². The van der Waals surface area contributed by atoms with Crippen LogP contribution in [0.4, 0.5) is 0 Å². The highest BCUT2D eigenvalue weighted by Crippen LogP contribution is 2.06. The van der Waals surface area contributed by atoms with Crippen LogP contribution in [-0.2, 0) is 19.1 Å². The van der Waals surface area contributed by atoms with Crippen molar-refractivity contribution in [2.45, 2.75) is 142 Å². The predicted octanol–water partition coefficient (Wildman–Crippen LogP) is 3.44. The van der Waals surface area contributed by atoms with Crippen LogP contribution in [0, 0.1) is 0 Å². The van der Waals surface area contributed by atoms with Crippen LogP contribution in [0.1, 0.15) is 136 Å². The second-order valence-corrected chi connectivity index (χ2v) is 8.76. The van der Waals surface area contributed by atoms with Gasteiger partial charge in [0, 0.05) is 18.4 Å². The van der Waals surface area contributed by atoms with Crippen molar-refractivity contribution in [3.63, 3.8) is 0 Å². The monoisotopic (exact) mass is 504 g/mol.